The topological polar surface area (TPSA) is 84.4 Å². The maximum Gasteiger partial charge on any atom is 0.164 e. The highest BCUT2D eigenvalue weighted by molar-refractivity contribution is 5.86. The van der Waals surface area contributed by atoms with Gasteiger partial charge in [0.05, 0.1) is 11.5 Å². The molecule has 2 aromatic rings. The molecule has 3 heterocycles. The zero-order valence-electron chi connectivity index (χ0n) is 13.8. The lowest BCUT2D eigenvalue weighted by atomic mass is 10.1. The monoisotopic (exact) mass is 320 g/mol. The smallest absolute Gasteiger partial charge is 0.164 e. The molecule has 2 aromatic heterocycles. The second-order valence-corrected chi connectivity index (χ2v) is 5.53. The Bertz CT molecular complexity index is 660. The minimum absolute atomic E-state index is 0.00636. The van der Waals surface area contributed by atoms with Gasteiger partial charge in [-0.3, -0.25) is 0 Å². The summed E-state index contributed by atoms with van der Waals surface area (Å²) in [6, 6.07) is 1.91. The Morgan fingerprint density at radius 1 is 1.17 bits per heavy atom. The van der Waals surface area contributed by atoms with Gasteiger partial charge in [0.2, 0.25) is 0 Å². The molecule has 23 heavy (non-hydrogen) atoms. The number of anilines is 1. The van der Waals surface area contributed by atoms with E-state index in [1.807, 2.05) is 30.7 Å². The molecule has 2 N–H and O–H groups in total. The first-order chi connectivity index (χ1) is 11.2. The fourth-order valence-electron chi connectivity index (χ4n) is 3.22. The predicted molar refractivity (Wildman–Crippen MR) is 87.0 cm³/mol. The molecule has 1 aliphatic rings. The third kappa shape index (κ3) is 2.80. The third-order valence-corrected chi connectivity index (χ3v) is 4.22. The van der Waals surface area contributed by atoms with E-state index in [0.29, 0.717) is 19.0 Å². The van der Waals surface area contributed by atoms with Crippen molar-refractivity contribution in [3.8, 4) is 0 Å². The summed E-state index contributed by atoms with van der Waals surface area (Å²) in [5.74, 6) is 0.466. The van der Waals surface area contributed by atoms with Crippen LogP contribution in [0, 0.1) is 0 Å². The quantitative estimate of drug-likeness (QED) is 0.877. The Morgan fingerprint density at radius 2 is 1.91 bits per heavy atom. The van der Waals surface area contributed by atoms with Crippen molar-refractivity contribution >= 4 is 16.9 Å². The highest BCUT2D eigenvalue weighted by Crippen LogP contribution is 2.37. The molecule has 0 aromatic carbocycles. The van der Waals surface area contributed by atoms with Crippen LogP contribution in [0.5, 0.6) is 0 Å². The summed E-state index contributed by atoms with van der Waals surface area (Å²) in [4.78, 5) is 8.39. The van der Waals surface area contributed by atoms with Gasteiger partial charge < -0.3 is 24.5 Å². The highest BCUT2D eigenvalue weighted by Gasteiger charge is 2.46. The molecule has 7 nitrogen and oxygen atoms in total. The van der Waals surface area contributed by atoms with Crippen molar-refractivity contribution < 1.29 is 14.2 Å². The number of nitrogen functional groups attached to an aromatic ring is 1. The van der Waals surface area contributed by atoms with Gasteiger partial charge in [0, 0.05) is 19.4 Å². The molecule has 1 aliphatic heterocycles. The van der Waals surface area contributed by atoms with Crippen LogP contribution in [0.4, 0.5) is 5.82 Å². The number of nitrogens with zero attached hydrogens (tertiary/aromatic N) is 3. The Morgan fingerprint density at radius 3 is 2.61 bits per heavy atom. The first kappa shape index (κ1) is 16.2. The number of aromatic nitrogens is 3. The number of hydrogen-bond acceptors (Lipinski definition) is 6. The molecule has 0 unspecified atom stereocenters. The van der Waals surface area contributed by atoms with Gasteiger partial charge in [-0.2, -0.15) is 0 Å². The largest absolute Gasteiger partial charge is 0.383 e. The second kappa shape index (κ2) is 6.82. The lowest BCUT2D eigenvalue weighted by Crippen LogP contribution is -2.36. The molecular formula is C16H24N4O3. The van der Waals surface area contributed by atoms with Gasteiger partial charge in [-0.15, -0.1) is 0 Å². The third-order valence-electron chi connectivity index (χ3n) is 4.22. The van der Waals surface area contributed by atoms with Crippen molar-refractivity contribution in [1.82, 2.24) is 14.5 Å². The van der Waals surface area contributed by atoms with E-state index in [9.17, 15) is 0 Å². The van der Waals surface area contributed by atoms with Gasteiger partial charge in [-0.05, 0) is 26.3 Å². The van der Waals surface area contributed by atoms with E-state index in [2.05, 4.69) is 16.9 Å². The lowest BCUT2D eigenvalue weighted by molar-refractivity contribution is -0.0729. The number of fused-ring (bicyclic) bond motifs is 1. The predicted octanol–water partition coefficient (Wildman–Crippen LogP) is 2.13. The van der Waals surface area contributed by atoms with Crippen LogP contribution in [0.25, 0.3) is 11.0 Å². The summed E-state index contributed by atoms with van der Waals surface area (Å²) in [7, 11) is 0. The standard InChI is InChI=1S/C16H24N4O3/c1-4-11-12(21-5-2)13(22-6-3)16(23-11)20-8-7-10-14(17)18-9-19-15(10)20/h7-9,11-13,16H,4-6H2,1-3H3,(H2,17,18,19)/t11-,12-,13-,16-/m1/s1. The fraction of sp³-hybridized carbons (Fsp3) is 0.625. The van der Waals surface area contributed by atoms with E-state index in [1.54, 1.807) is 0 Å². The Balaban J connectivity index is 2.00. The minimum atomic E-state index is -0.289. The molecule has 0 radical (unpaired) electrons. The van der Waals surface area contributed by atoms with Crippen molar-refractivity contribution in [2.75, 3.05) is 18.9 Å². The summed E-state index contributed by atoms with van der Waals surface area (Å²) in [6.07, 6.45) is 3.68. The number of ether oxygens (including phenoxy) is 3. The molecule has 1 fully saturated rings. The fourth-order valence-corrected chi connectivity index (χ4v) is 3.22. The lowest BCUT2D eigenvalue weighted by Gasteiger charge is -2.24. The molecule has 126 valence electrons. The van der Waals surface area contributed by atoms with Crippen LogP contribution in [0.3, 0.4) is 0 Å². The maximum absolute atomic E-state index is 6.25. The Kier molecular flexibility index (Phi) is 4.79. The minimum Gasteiger partial charge on any atom is -0.383 e. The Labute approximate surface area is 135 Å². The summed E-state index contributed by atoms with van der Waals surface area (Å²) in [5.41, 5.74) is 6.68. The summed E-state index contributed by atoms with van der Waals surface area (Å²) >= 11 is 0. The van der Waals surface area contributed by atoms with Crippen LogP contribution in [0.2, 0.25) is 0 Å². The van der Waals surface area contributed by atoms with Crippen molar-refractivity contribution in [3.05, 3.63) is 18.6 Å². The molecular weight excluding hydrogens is 296 g/mol. The average Bonchev–Trinajstić information content (AvgIpc) is 3.11. The van der Waals surface area contributed by atoms with Gasteiger partial charge >= 0.3 is 0 Å². The molecule has 0 saturated carbocycles. The molecule has 4 atom stereocenters. The zero-order chi connectivity index (χ0) is 16.4. The SMILES string of the molecule is CCO[C@@H]1[C@H](OCC)[C@@H](CC)O[C@H]1n1ccc2c(N)ncnc21. The number of hydrogen-bond donors (Lipinski definition) is 1. The Hall–Kier alpha value is -1.70. The van der Waals surface area contributed by atoms with Crippen LogP contribution >= 0.6 is 0 Å². The van der Waals surface area contributed by atoms with Crippen LogP contribution in [0.1, 0.15) is 33.4 Å². The van der Waals surface area contributed by atoms with Crippen LogP contribution in [0.15, 0.2) is 18.6 Å². The van der Waals surface area contributed by atoms with Gasteiger partial charge in [-0.1, -0.05) is 6.92 Å². The van der Waals surface area contributed by atoms with E-state index in [1.165, 1.54) is 6.33 Å². The number of nitrogens with two attached hydrogens (primary N) is 1. The molecule has 1 saturated heterocycles. The van der Waals surface area contributed by atoms with Gasteiger partial charge in [0.15, 0.2) is 6.23 Å². The van der Waals surface area contributed by atoms with E-state index in [4.69, 9.17) is 19.9 Å². The first-order valence-corrected chi connectivity index (χ1v) is 8.16. The maximum atomic E-state index is 6.25. The normalized spacial score (nSPS) is 27.8. The molecule has 3 rings (SSSR count). The van der Waals surface area contributed by atoms with Crippen LogP contribution in [-0.2, 0) is 14.2 Å². The summed E-state index contributed by atoms with van der Waals surface area (Å²) in [5, 5.41) is 0.819. The first-order valence-electron chi connectivity index (χ1n) is 8.16. The van der Waals surface area contributed by atoms with E-state index in [-0.39, 0.29) is 24.5 Å². The van der Waals surface area contributed by atoms with E-state index >= 15 is 0 Å². The molecule has 0 bridgehead atoms. The molecule has 7 heteroatoms. The van der Waals surface area contributed by atoms with Crippen molar-refractivity contribution in [2.24, 2.45) is 0 Å². The molecule has 0 spiro atoms. The van der Waals surface area contributed by atoms with Crippen LogP contribution < -0.4 is 5.73 Å². The van der Waals surface area contributed by atoms with Crippen molar-refractivity contribution in [2.45, 2.75) is 51.7 Å². The molecule has 0 aliphatic carbocycles. The number of rotatable bonds is 6. The van der Waals surface area contributed by atoms with E-state index in [0.717, 1.165) is 17.5 Å². The average molecular weight is 320 g/mol. The zero-order valence-corrected chi connectivity index (χ0v) is 13.8. The molecule has 0 amide bonds. The van der Waals surface area contributed by atoms with Gasteiger partial charge in [-0.25, -0.2) is 9.97 Å². The van der Waals surface area contributed by atoms with Gasteiger partial charge in [0.25, 0.3) is 0 Å². The summed E-state index contributed by atoms with van der Waals surface area (Å²) in [6.45, 7) is 7.29. The second-order valence-electron chi connectivity index (χ2n) is 5.53. The summed E-state index contributed by atoms with van der Waals surface area (Å²) < 4.78 is 20.1. The van der Waals surface area contributed by atoms with Gasteiger partial charge in [0.1, 0.15) is 30.0 Å². The van der Waals surface area contributed by atoms with Crippen molar-refractivity contribution in [1.29, 1.82) is 0 Å². The van der Waals surface area contributed by atoms with E-state index < -0.39 is 0 Å². The van der Waals surface area contributed by atoms with Crippen molar-refractivity contribution in [3.63, 3.8) is 0 Å². The highest BCUT2D eigenvalue weighted by atomic mass is 16.6. The van der Waals surface area contributed by atoms with Crippen LogP contribution in [-0.4, -0.2) is 46.1 Å².